The second-order valence-electron chi connectivity index (χ2n) is 4.85. The van der Waals surface area contributed by atoms with E-state index in [1.807, 2.05) is 24.3 Å². The first-order chi connectivity index (χ1) is 9.96. The van der Waals surface area contributed by atoms with E-state index in [1.165, 1.54) is 6.92 Å². The van der Waals surface area contributed by atoms with Crippen molar-refractivity contribution in [3.63, 3.8) is 0 Å². The lowest BCUT2D eigenvalue weighted by Gasteiger charge is -2.16. The Hall–Kier alpha value is -1.82. The zero-order chi connectivity index (χ0) is 15.3. The number of para-hydroxylation sites is 1. The zero-order valence-electron chi connectivity index (χ0n) is 11.7. The first kappa shape index (κ1) is 15.6. The molecule has 0 aliphatic carbocycles. The highest BCUT2D eigenvalue weighted by Crippen LogP contribution is 2.23. The van der Waals surface area contributed by atoms with Crippen molar-refractivity contribution in [2.75, 3.05) is 13.2 Å². The number of hydrogen-bond acceptors (Lipinski definition) is 3. The number of nitrogens with one attached hydrogen (secondary N) is 1. The van der Waals surface area contributed by atoms with E-state index in [0.717, 1.165) is 10.9 Å². The van der Waals surface area contributed by atoms with Crippen LogP contribution in [0.25, 0.3) is 10.9 Å². The molecule has 1 atom stereocenters. The monoisotopic (exact) mass is 298 g/mol. The van der Waals surface area contributed by atoms with Crippen molar-refractivity contribution in [2.24, 2.45) is 0 Å². The maximum Gasteiger partial charge on any atom is 0.390 e. The number of nitrogens with zero attached hydrogens (tertiary/aromatic N) is 1. The topological polar surface area (TPSA) is 34.1 Å². The van der Waals surface area contributed by atoms with E-state index in [2.05, 4.69) is 10.3 Å². The standard InChI is InChI=1S/C15H17F3N2O/c1-11(10-15(16,17)18)19-8-9-21-13-6-2-4-12-5-3-7-20-14(12)13/h2-7,11,19H,8-10H2,1H3/t11-/m1/s1. The van der Waals surface area contributed by atoms with E-state index in [0.29, 0.717) is 12.3 Å². The molecule has 0 saturated carbocycles. The van der Waals surface area contributed by atoms with Crippen LogP contribution in [-0.2, 0) is 0 Å². The summed E-state index contributed by atoms with van der Waals surface area (Å²) in [5.74, 6) is 0.637. The first-order valence-corrected chi connectivity index (χ1v) is 6.72. The molecule has 0 saturated heterocycles. The minimum atomic E-state index is -4.15. The van der Waals surface area contributed by atoms with Crippen molar-refractivity contribution in [3.05, 3.63) is 36.5 Å². The fraction of sp³-hybridized carbons (Fsp3) is 0.400. The molecule has 1 aromatic heterocycles. The molecule has 21 heavy (non-hydrogen) atoms. The van der Waals surface area contributed by atoms with Gasteiger partial charge in [0, 0.05) is 24.2 Å². The van der Waals surface area contributed by atoms with Crippen molar-refractivity contribution >= 4 is 10.9 Å². The number of fused-ring (bicyclic) bond motifs is 1. The summed E-state index contributed by atoms with van der Waals surface area (Å²) in [6.45, 7) is 2.14. The molecular weight excluding hydrogens is 281 g/mol. The highest BCUT2D eigenvalue weighted by atomic mass is 19.4. The lowest BCUT2D eigenvalue weighted by Crippen LogP contribution is -2.34. The van der Waals surface area contributed by atoms with Crippen LogP contribution < -0.4 is 10.1 Å². The second-order valence-corrected chi connectivity index (χ2v) is 4.85. The summed E-state index contributed by atoms with van der Waals surface area (Å²) in [5, 5.41) is 3.76. The third kappa shape index (κ3) is 4.90. The van der Waals surface area contributed by atoms with Crippen LogP contribution in [0.4, 0.5) is 13.2 Å². The van der Waals surface area contributed by atoms with Crippen LogP contribution >= 0.6 is 0 Å². The molecule has 3 nitrogen and oxygen atoms in total. The fourth-order valence-corrected chi connectivity index (χ4v) is 2.08. The Morgan fingerprint density at radius 1 is 1.24 bits per heavy atom. The summed E-state index contributed by atoms with van der Waals surface area (Å²) < 4.78 is 42.1. The van der Waals surface area contributed by atoms with Gasteiger partial charge in [0.2, 0.25) is 0 Å². The second kappa shape index (κ2) is 6.76. The molecule has 0 amide bonds. The predicted molar refractivity (Wildman–Crippen MR) is 75.4 cm³/mol. The smallest absolute Gasteiger partial charge is 0.390 e. The van der Waals surface area contributed by atoms with Crippen LogP contribution in [0.1, 0.15) is 13.3 Å². The van der Waals surface area contributed by atoms with Crippen LogP contribution in [0.2, 0.25) is 0 Å². The van der Waals surface area contributed by atoms with Gasteiger partial charge in [0.1, 0.15) is 17.9 Å². The average molecular weight is 298 g/mol. The van der Waals surface area contributed by atoms with Gasteiger partial charge in [-0.2, -0.15) is 13.2 Å². The van der Waals surface area contributed by atoms with E-state index < -0.39 is 18.6 Å². The van der Waals surface area contributed by atoms with Gasteiger partial charge < -0.3 is 10.1 Å². The van der Waals surface area contributed by atoms with Gasteiger partial charge in [0.05, 0.1) is 6.42 Å². The summed E-state index contributed by atoms with van der Waals surface area (Å²) in [4.78, 5) is 4.25. The summed E-state index contributed by atoms with van der Waals surface area (Å²) in [5.41, 5.74) is 0.753. The van der Waals surface area contributed by atoms with Crippen molar-refractivity contribution in [1.82, 2.24) is 10.3 Å². The Bertz CT molecular complexity index is 581. The van der Waals surface area contributed by atoms with Crippen LogP contribution in [0, 0.1) is 0 Å². The van der Waals surface area contributed by atoms with E-state index in [1.54, 1.807) is 12.3 Å². The molecule has 0 aliphatic rings. The van der Waals surface area contributed by atoms with E-state index in [9.17, 15) is 13.2 Å². The summed E-state index contributed by atoms with van der Waals surface area (Å²) in [6, 6.07) is 8.73. The number of ether oxygens (including phenoxy) is 1. The molecule has 6 heteroatoms. The summed E-state index contributed by atoms with van der Waals surface area (Å²) in [7, 11) is 0. The molecule has 0 spiro atoms. The predicted octanol–water partition coefficient (Wildman–Crippen LogP) is 3.54. The molecule has 0 radical (unpaired) electrons. The van der Waals surface area contributed by atoms with Gasteiger partial charge in [0.15, 0.2) is 0 Å². The number of benzene rings is 1. The normalized spacial score (nSPS) is 13.3. The van der Waals surface area contributed by atoms with Crippen molar-refractivity contribution in [1.29, 1.82) is 0 Å². The Kier molecular flexibility index (Phi) is 5.01. The van der Waals surface area contributed by atoms with Crippen LogP contribution in [-0.4, -0.2) is 30.4 Å². The van der Waals surface area contributed by atoms with Gasteiger partial charge >= 0.3 is 6.18 Å². The fourth-order valence-electron chi connectivity index (χ4n) is 2.08. The Balaban J connectivity index is 1.83. The molecule has 0 aliphatic heterocycles. The SMILES string of the molecule is C[C@H](CC(F)(F)F)NCCOc1cccc2cccnc12. The number of rotatable bonds is 6. The van der Waals surface area contributed by atoms with Gasteiger partial charge in [-0.15, -0.1) is 0 Å². The highest BCUT2D eigenvalue weighted by molar-refractivity contribution is 5.84. The zero-order valence-corrected chi connectivity index (χ0v) is 11.7. The Morgan fingerprint density at radius 2 is 2.00 bits per heavy atom. The largest absolute Gasteiger partial charge is 0.490 e. The first-order valence-electron chi connectivity index (χ1n) is 6.72. The Morgan fingerprint density at radius 3 is 2.76 bits per heavy atom. The summed E-state index contributed by atoms with van der Waals surface area (Å²) >= 11 is 0. The van der Waals surface area contributed by atoms with Gasteiger partial charge in [-0.25, -0.2) is 0 Å². The van der Waals surface area contributed by atoms with Gasteiger partial charge in [0.25, 0.3) is 0 Å². The van der Waals surface area contributed by atoms with Crippen LogP contribution in [0.5, 0.6) is 5.75 Å². The molecule has 1 heterocycles. The number of hydrogen-bond donors (Lipinski definition) is 1. The van der Waals surface area contributed by atoms with E-state index in [-0.39, 0.29) is 6.61 Å². The van der Waals surface area contributed by atoms with Crippen LogP contribution in [0.3, 0.4) is 0 Å². The molecule has 0 bridgehead atoms. The van der Waals surface area contributed by atoms with Crippen molar-refractivity contribution in [2.45, 2.75) is 25.6 Å². The maximum absolute atomic E-state index is 12.2. The molecule has 0 fully saturated rings. The summed E-state index contributed by atoms with van der Waals surface area (Å²) in [6.07, 6.45) is -3.31. The minimum absolute atomic E-state index is 0.290. The molecule has 114 valence electrons. The van der Waals surface area contributed by atoms with Crippen molar-refractivity contribution in [3.8, 4) is 5.75 Å². The molecular formula is C15H17F3N2O. The minimum Gasteiger partial charge on any atom is -0.490 e. The van der Waals surface area contributed by atoms with E-state index in [4.69, 9.17) is 4.74 Å². The van der Waals surface area contributed by atoms with E-state index >= 15 is 0 Å². The van der Waals surface area contributed by atoms with Crippen LogP contribution in [0.15, 0.2) is 36.5 Å². The average Bonchev–Trinajstić information content (AvgIpc) is 2.42. The number of pyridine rings is 1. The quantitative estimate of drug-likeness (QED) is 0.828. The third-order valence-electron chi connectivity index (χ3n) is 2.99. The molecule has 0 unspecified atom stereocenters. The van der Waals surface area contributed by atoms with Gasteiger partial charge in [-0.1, -0.05) is 18.2 Å². The maximum atomic E-state index is 12.2. The molecule has 1 N–H and O–H groups in total. The number of halogens is 3. The molecule has 1 aromatic carbocycles. The van der Waals surface area contributed by atoms with Crippen molar-refractivity contribution < 1.29 is 17.9 Å². The van der Waals surface area contributed by atoms with Gasteiger partial charge in [-0.3, -0.25) is 4.98 Å². The molecule has 2 rings (SSSR count). The number of aromatic nitrogens is 1. The third-order valence-corrected chi connectivity index (χ3v) is 2.99. The lowest BCUT2D eigenvalue weighted by molar-refractivity contribution is -0.139. The van der Waals surface area contributed by atoms with Gasteiger partial charge in [-0.05, 0) is 19.1 Å². The number of alkyl halides is 3. The Labute approximate surface area is 121 Å². The lowest BCUT2D eigenvalue weighted by atomic mass is 10.2. The molecule has 2 aromatic rings. The highest BCUT2D eigenvalue weighted by Gasteiger charge is 2.29.